The summed E-state index contributed by atoms with van der Waals surface area (Å²) >= 11 is 0. The fourth-order valence-corrected chi connectivity index (χ4v) is 3.61. The second-order valence-corrected chi connectivity index (χ2v) is 12.0. The van der Waals surface area contributed by atoms with E-state index in [-0.39, 0.29) is 5.97 Å². The summed E-state index contributed by atoms with van der Waals surface area (Å²) in [6.45, 7) is 9.17. The molecule has 146 valence electrons. The van der Waals surface area contributed by atoms with Crippen LogP contribution in [0.2, 0.25) is 19.6 Å². The number of benzene rings is 2. The SMILES string of the molecule is CCCOC(=O)[C@H](Cc1ccc(OCc2ccccc2)cc1)O[Si](C)(C)C. The minimum Gasteiger partial charge on any atom is -0.489 e. The zero-order chi connectivity index (χ0) is 19.7. The third kappa shape index (κ3) is 7.97. The Morgan fingerprint density at radius 2 is 1.63 bits per heavy atom. The van der Waals surface area contributed by atoms with E-state index in [9.17, 15) is 4.79 Å². The van der Waals surface area contributed by atoms with Crippen molar-refractivity contribution in [3.05, 3.63) is 65.7 Å². The van der Waals surface area contributed by atoms with Crippen molar-refractivity contribution in [1.29, 1.82) is 0 Å². The molecule has 0 radical (unpaired) electrons. The zero-order valence-electron chi connectivity index (χ0n) is 16.7. The summed E-state index contributed by atoms with van der Waals surface area (Å²) in [4.78, 5) is 12.4. The molecule has 0 unspecified atom stereocenters. The maximum absolute atomic E-state index is 12.4. The molecule has 2 aromatic rings. The van der Waals surface area contributed by atoms with E-state index in [4.69, 9.17) is 13.9 Å². The number of ether oxygens (including phenoxy) is 2. The van der Waals surface area contributed by atoms with Crippen LogP contribution in [-0.2, 0) is 27.0 Å². The average molecular weight is 387 g/mol. The molecular weight excluding hydrogens is 356 g/mol. The molecule has 2 aromatic carbocycles. The summed E-state index contributed by atoms with van der Waals surface area (Å²) in [5.74, 6) is 0.530. The van der Waals surface area contributed by atoms with Crippen LogP contribution in [0.25, 0.3) is 0 Å². The van der Waals surface area contributed by atoms with Gasteiger partial charge in [0.2, 0.25) is 0 Å². The van der Waals surface area contributed by atoms with Crippen molar-refractivity contribution in [2.45, 2.75) is 52.1 Å². The average Bonchev–Trinajstić information content (AvgIpc) is 2.65. The Labute approximate surface area is 163 Å². The summed E-state index contributed by atoms with van der Waals surface area (Å²) in [6.07, 6.45) is 0.754. The predicted octanol–water partition coefficient (Wildman–Crippen LogP) is 4.98. The molecule has 0 amide bonds. The van der Waals surface area contributed by atoms with Crippen molar-refractivity contribution in [3.8, 4) is 5.75 Å². The Hall–Kier alpha value is -2.11. The Bertz CT molecular complexity index is 693. The Morgan fingerprint density at radius 1 is 0.963 bits per heavy atom. The van der Waals surface area contributed by atoms with Gasteiger partial charge in [-0.25, -0.2) is 4.79 Å². The predicted molar refractivity (Wildman–Crippen MR) is 110 cm³/mol. The molecular formula is C22H30O4Si. The van der Waals surface area contributed by atoms with Crippen LogP contribution < -0.4 is 4.74 Å². The van der Waals surface area contributed by atoms with Crippen molar-refractivity contribution >= 4 is 14.3 Å². The van der Waals surface area contributed by atoms with Crippen LogP contribution in [-0.4, -0.2) is 27.0 Å². The molecule has 5 heteroatoms. The van der Waals surface area contributed by atoms with E-state index in [0.717, 1.165) is 23.3 Å². The number of esters is 1. The molecule has 27 heavy (non-hydrogen) atoms. The molecule has 0 fully saturated rings. The first kappa shape index (κ1) is 21.2. The van der Waals surface area contributed by atoms with Gasteiger partial charge in [-0.2, -0.15) is 0 Å². The summed E-state index contributed by atoms with van der Waals surface area (Å²) < 4.78 is 17.2. The van der Waals surface area contributed by atoms with Gasteiger partial charge in [0.25, 0.3) is 0 Å². The largest absolute Gasteiger partial charge is 0.489 e. The lowest BCUT2D eigenvalue weighted by atomic mass is 10.1. The van der Waals surface area contributed by atoms with Crippen LogP contribution in [0, 0.1) is 0 Å². The number of hydrogen-bond acceptors (Lipinski definition) is 4. The fraction of sp³-hybridized carbons (Fsp3) is 0.409. The Morgan fingerprint density at radius 3 is 2.22 bits per heavy atom. The fourth-order valence-electron chi connectivity index (χ4n) is 2.57. The highest BCUT2D eigenvalue weighted by Crippen LogP contribution is 2.18. The van der Waals surface area contributed by atoms with Crippen LogP contribution in [0.5, 0.6) is 5.75 Å². The minimum atomic E-state index is -1.86. The number of carbonyl (C=O) groups is 1. The Balaban J connectivity index is 1.97. The number of carbonyl (C=O) groups excluding carboxylic acids is 1. The molecule has 1 atom stereocenters. The van der Waals surface area contributed by atoms with Crippen molar-refractivity contribution in [1.82, 2.24) is 0 Å². The van der Waals surface area contributed by atoms with E-state index in [1.807, 2.05) is 61.5 Å². The molecule has 0 aliphatic rings. The smallest absolute Gasteiger partial charge is 0.334 e. The van der Waals surface area contributed by atoms with Crippen molar-refractivity contribution in [3.63, 3.8) is 0 Å². The maximum Gasteiger partial charge on any atom is 0.334 e. The van der Waals surface area contributed by atoms with E-state index >= 15 is 0 Å². The van der Waals surface area contributed by atoms with Gasteiger partial charge in [-0.1, -0.05) is 49.4 Å². The quantitative estimate of drug-likeness (QED) is 0.427. The van der Waals surface area contributed by atoms with Gasteiger partial charge < -0.3 is 13.9 Å². The van der Waals surface area contributed by atoms with E-state index in [1.165, 1.54) is 0 Å². The van der Waals surface area contributed by atoms with Crippen molar-refractivity contribution in [2.24, 2.45) is 0 Å². The molecule has 2 rings (SSSR count). The van der Waals surface area contributed by atoms with Gasteiger partial charge in [-0.05, 0) is 49.3 Å². The molecule has 0 heterocycles. The van der Waals surface area contributed by atoms with Gasteiger partial charge in [-0.3, -0.25) is 0 Å². The van der Waals surface area contributed by atoms with Gasteiger partial charge in [0.1, 0.15) is 18.5 Å². The van der Waals surface area contributed by atoms with Crippen LogP contribution >= 0.6 is 0 Å². The lowest BCUT2D eigenvalue weighted by Crippen LogP contribution is -2.39. The first-order valence-corrected chi connectivity index (χ1v) is 12.9. The third-order valence-electron chi connectivity index (χ3n) is 3.80. The van der Waals surface area contributed by atoms with Crippen LogP contribution in [0.1, 0.15) is 24.5 Å². The molecule has 4 nitrogen and oxygen atoms in total. The standard InChI is InChI=1S/C22H30O4Si/c1-5-15-24-22(23)21(26-27(2,3)4)16-18-11-13-20(14-12-18)25-17-19-9-7-6-8-10-19/h6-14,21H,5,15-17H2,1-4H3/t21-/m0/s1. The summed E-state index contributed by atoms with van der Waals surface area (Å²) in [7, 11) is -1.86. The van der Waals surface area contributed by atoms with Gasteiger partial charge in [0.15, 0.2) is 8.32 Å². The lowest BCUT2D eigenvalue weighted by molar-refractivity contribution is -0.152. The van der Waals surface area contributed by atoms with Gasteiger partial charge in [0.05, 0.1) is 6.61 Å². The van der Waals surface area contributed by atoms with Crippen LogP contribution in [0.3, 0.4) is 0 Å². The second kappa shape index (κ2) is 10.3. The zero-order valence-corrected chi connectivity index (χ0v) is 17.7. The Kier molecular flexibility index (Phi) is 8.07. The van der Waals surface area contributed by atoms with Crippen molar-refractivity contribution in [2.75, 3.05) is 6.61 Å². The lowest BCUT2D eigenvalue weighted by Gasteiger charge is -2.25. The number of hydrogen-bond donors (Lipinski definition) is 0. The highest BCUT2D eigenvalue weighted by atomic mass is 28.4. The highest BCUT2D eigenvalue weighted by molar-refractivity contribution is 6.69. The summed E-state index contributed by atoms with van der Waals surface area (Å²) in [6, 6.07) is 17.9. The molecule has 0 aliphatic carbocycles. The third-order valence-corrected chi connectivity index (χ3v) is 4.79. The molecule has 0 aromatic heterocycles. The molecule has 0 aliphatic heterocycles. The maximum atomic E-state index is 12.4. The molecule has 0 spiro atoms. The normalized spacial score (nSPS) is 12.4. The van der Waals surface area contributed by atoms with Crippen LogP contribution in [0.4, 0.5) is 0 Å². The first-order valence-electron chi connectivity index (χ1n) is 9.47. The van der Waals surface area contributed by atoms with Crippen LogP contribution in [0.15, 0.2) is 54.6 Å². The van der Waals surface area contributed by atoms with Crippen molar-refractivity contribution < 1.29 is 18.7 Å². The molecule has 0 saturated heterocycles. The monoisotopic (exact) mass is 386 g/mol. The minimum absolute atomic E-state index is 0.274. The molecule has 0 saturated carbocycles. The van der Waals surface area contributed by atoms with Gasteiger partial charge in [-0.15, -0.1) is 0 Å². The summed E-state index contributed by atoms with van der Waals surface area (Å²) in [5.41, 5.74) is 2.16. The van der Waals surface area contributed by atoms with Gasteiger partial charge in [0, 0.05) is 6.42 Å². The number of rotatable bonds is 10. The molecule has 0 bridgehead atoms. The van der Waals surface area contributed by atoms with E-state index in [1.54, 1.807) is 0 Å². The topological polar surface area (TPSA) is 44.8 Å². The summed E-state index contributed by atoms with van der Waals surface area (Å²) in [5, 5.41) is 0. The highest BCUT2D eigenvalue weighted by Gasteiger charge is 2.28. The van der Waals surface area contributed by atoms with E-state index < -0.39 is 14.4 Å². The van der Waals surface area contributed by atoms with E-state index in [2.05, 4.69) is 19.6 Å². The first-order chi connectivity index (χ1) is 12.9. The van der Waals surface area contributed by atoms with E-state index in [0.29, 0.717) is 19.6 Å². The second-order valence-electron chi connectivity index (χ2n) is 7.51. The van der Waals surface area contributed by atoms with Gasteiger partial charge >= 0.3 is 5.97 Å². The molecule has 0 N–H and O–H groups in total.